The number of aromatic nitrogens is 2. The molecule has 0 aliphatic carbocycles. The summed E-state index contributed by atoms with van der Waals surface area (Å²) >= 11 is 0. The van der Waals surface area contributed by atoms with E-state index in [-0.39, 0.29) is 22.3 Å². The molecule has 1 aromatic heterocycles. The van der Waals surface area contributed by atoms with Gasteiger partial charge in [-0.1, -0.05) is 54.2 Å². The number of nitrogens with zero attached hydrogens (tertiary/aromatic N) is 1. The maximum Gasteiger partial charge on any atom is 0.330 e. The molecule has 0 unspecified atom stereocenters. The van der Waals surface area contributed by atoms with Gasteiger partial charge in [0.1, 0.15) is 12.3 Å². The van der Waals surface area contributed by atoms with Crippen molar-refractivity contribution in [2.75, 3.05) is 6.61 Å². The lowest BCUT2D eigenvalue weighted by atomic mass is 10.2. The average Bonchev–Trinajstić information content (AvgIpc) is 3.00. The van der Waals surface area contributed by atoms with Crippen LogP contribution in [-0.4, -0.2) is 45.0 Å². The summed E-state index contributed by atoms with van der Waals surface area (Å²) in [4.78, 5) is 26.9. The van der Waals surface area contributed by atoms with Crippen LogP contribution in [0, 0.1) is 0 Å². The molecule has 3 atom stereocenters. The van der Waals surface area contributed by atoms with Gasteiger partial charge < -0.3 is 13.6 Å². The smallest absolute Gasteiger partial charge is 0.330 e. The summed E-state index contributed by atoms with van der Waals surface area (Å²) in [6.07, 6.45) is 2.43. The van der Waals surface area contributed by atoms with Gasteiger partial charge in [0.15, 0.2) is 16.6 Å². The van der Waals surface area contributed by atoms with Crippen molar-refractivity contribution < 1.29 is 13.6 Å². The summed E-state index contributed by atoms with van der Waals surface area (Å²) in [7, 11) is -4.06. The van der Waals surface area contributed by atoms with E-state index in [2.05, 4.69) is 79.3 Å². The third-order valence-electron chi connectivity index (χ3n) is 7.37. The molecule has 1 saturated heterocycles. The predicted octanol–water partition coefficient (Wildman–Crippen LogP) is 4.88. The summed E-state index contributed by atoms with van der Waals surface area (Å²) in [6.45, 7) is 26.2. The second kappa shape index (κ2) is 9.17. The Balaban J connectivity index is 2.36. The van der Waals surface area contributed by atoms with Gasteiger partial charge >= 0.3 is 5.69 Å². The van der Waals surface area contributed by atoms with E-state index < -0.39 is 34.1 Å². The lowest BCUT2D eigenvalue weighted by Gasteiger charge is -2.40. The van der Waals surface area contributed by atoms with Crippen LogP contribution in [0.25, 0.3) is 6.08 Å². The van der Waals surface area contributed by atoms with Gasteiger partial charge in [0.2, 0.25) is 0 Å². The molecule has 0 spiro atoms. The Labute approximate surface area is 194 Å². The van der Waals surface area contributed by atoms with Crippen molar-refractivity contribution in [2.24, 2.45) is 0 Å². The van der Waals surface area contributed by atoms with Crippen LogP contribution < -0.4 is 11.2 Å². The van der Waals surface area contributed by atoms with Crippen molar-refractivity contribution in [1.29, 1.82) is 0 Å². The molecule has 1 aromatic rings. The molecule has 0 aromatic carbocycles. The SMILES string of the molecule is C=Cc1cn([C@H]2C[C@H](O[Si](C)(C)C(C)(C)C)[C@@H](CO[Si](C)(C)C(C)(C)C)O2)c(=O)[nH]c1=O. The zero-order valence-electron chi connectivity index (χ0n) is 21.5. The monoisotopic (exact) mass is 482 g/mol. The fraction of sp³-hybridized carbons (Fsp3) is 0.739. The van der Waals surface area contributed by atoms with E-state index in [4.69, 9.17) is 13.6 Å². The van der Waals surface area contributed by atoms with Crippen LogP contribution in [0.1, 0.15) is 59.8 Å². The summed E-state index contributed by atoms with van der Waals surface area (Å²) in [5, 5.41) is 0.121. The molecular weight excluding hydrogens is 440 g/mol. The Morgan fingerprint density at radius 1 is 1.12 bits per heavy atom. The molecule has 1 aliphatic heterocycles. The van der Waals surface area contributed by atoms with Crippen molar-refractivity contribution in [3.63, 3.8) is 0 Å². The van der Waals surface area contributed by atoms with Gasteiger partial charge in [-0.2, -0.15) is 0 Å². The number of ether oxygens (including phenoxy) is 1. The predicted molar refractivity (Wildman–Crippen MR) is 135 cm³/mol. The molecule has 9 heteroatoms. The first kappa shape index (κ1) is 27.0. The molecule has 2 heterocycles. The molecule has 1 N–H and O–H groups in total. The zero-order valence-corrected chi connectivity index (χ0v) is 23.5. The van der Waals surface area contributed by atoms with Crippen LogP contribution >= 0.6 is 0 Å². The molecule has 0 saturated carbocycles. The number of H-pyrrole nitrogens is 1. The average molecular weight is 483 g/mol. The van der Waals surface area contributed by atoms with E-state index in [1.807, 2.05) is 0 Å². The van der Waals surface area contributed by atoms with E-state index in [1.165, 1.54) is 16.8 Å². The maximum absolute atomic E-state index is 12.5. The van der Waals surface area contributed by atoms with Gasteiger partial charge in [0, 0.05) is 12.6 Å². The van der Waals surface area contributed by atoms with Crippen LogP contribution in [0.3, 0.4) is 0 Å². The number of rotatable bonds is 7. The first-order chi connectivity index (χ1) is 14.4. The second-order valence-corrected chi connectivity index (χ2v) is 21.4. The molecular formula is C23H42N2O5Si2. The molecule has 7 nitrogen and oxygen atoms in total. The third-order valence-corrected chi connectivity index (χ3v) is 16.4. The minimum Gasteiger partial charge on any atom is -0.414 e. The summed E-state index contributed by atoms with van der Waals surface area (Å²) in [5.74, 6) is 0. The Morgan fingerprint density at radius 2 is 1.69 bits per heavy atom. The second-order valence-electron chi connectivity index (χ2n) is 11.8. The van der Waals surface area contributed by atoms with Crippen LogP contribution in [0.4, 0.5) is 0 Å². The standard InChI is InChI=1S/C23H42N2O5Si2/c1-12-16-14-25(21(27)24-20(16)26)19-13-17(30-32(10,11)23(5,6)7)18(29-19)15-28-31(8,9)22(2,3)4/h12,14,17-19H,1,13,15H2,2-11H3,(H,24,26,27)/t17-,18+,19+/m0/s1. The van der Waals surface area contributed by atoms with Gasteiger partial charge in [-0.05, 0) is 36.3 Å². The summed E-state index contributed by atoms with van der Waals surface area (Å²) in [6, 6.07) is 0. The fourth-order valence-corrected chi connectivity index (χ4v) is 5.44. The Hall–Kier alpha value is -1.27. The molecule has 32 heavy (non-hydrogen) atoms. The normalized spacial score (nSPS) is 22.9. The van der Waals surface area contributed by atoms with Gasteiger partial charge in [-0.15, -0.1) is 0 Å². The Morgan fingerprint density at radius 3 is 2.19 bits per heavy atom. The van der Waals surface area contributed by atoms with Crippen molar-refractivity contribution in [1.82, 2.24) is 9.55 Å². The van der Waals surface area contributed by atoms with Gasteiger partial charge in [0.25, 0.3) is 5.56 Å². The Kier molecular flexibility index (Phi) is 7.73. The molecule has 182 valence electrons. The molecule has 1 fully saturated rings. The van der Waals surface area contributed by atoms with Crippen LogP contribution in [-0.2, 0) is 13.6 Å². The number of nitrogens with one attached hydrogen (secondary N) is 1. The number of hydrogen-bond acceptors (Lipinski definition) is 5. The van der Waals surface area contributed by atoms with E-state index in [0.29, 0.717) is 18.6 Å². The van der Waals surface area contributed by atoms with Gasteiger partial charge in [-0.3, -0.25) is 14.3 Å². The highest BCUT2D eigenvalue weighted by Crippen LogP contribution is 2.42. The van der Waals surface area contributed by atoms with Crippen molar-refractivity contribution in [3.05, 3.63) is 39.2 Å². The molecule has 2 rings (SSSR count). The van der Waals surface area contributed by atoms with E-state index in [1.54, 1.807) is 0 Å². The lowest BCUT2D eigenvalue weighted by molar-refractivity contribution is -0.0412. The minimum absolute atomic E-state index is 0.0424. The zero-order chi connectivity index (χ0) is 24.7. The van der Waals surface area contributed by atoms with E-state index >= 15 is 0 Å². The first-order valence-electron chi connectivity index (χ1n) is 11.3. The first-order valence-corrected chi connectivity index (χ1v) is 17.2. The van der Waals surface area contributed by atoms with Crippen LogP contribution in [0.15, 0.2) is 22.4 Å². The third kappa shape index (κ3) is 5.80. The van der Waals surface area contributed by atoms with Crippen molar-refractivity contribution >= 4 is 22.7 Å². The summed E-state index contributed by atoms with van der Waals surface area (Å²) < 4.78 is 21.0. The van der Waals surface area contributed by atoms with Crippen molar-refractivity contribution in [3.8, 4) is 0 Å². The number of aromatic amines is 1. The molecule has 1 aliphatic rings. The van der Waals surface area contributed by atoms with Crippen molar-refractivity contribution in [2.45, 2.75) is 103 Å². The summed E-state index contributed by atoms with van der Waals surface area (Å²) in [5.41, 5.74) is -0.621. The highest BCUT2D eigenvalue weighted by molar-refractivity contribution is 6.74. The minimum atomic E-state index is -2.08. The Bertz CT molecular complexity index is 937. The molecule has 0 radical (unpaired) electrons. The number of hydrogen-bond donors (Lipinski definition) is 1. The van der Waals surface area contributed by atoms with Crippen LogP contribution in [0.2, 0.25) is 36.3 Å². The molecule has 0 bridgehead atoms. The quantitative estimate of drug-likeness (QED) is 0.560. The highest BCUT2D eigenvalue weighted by atomic mass is 28.4. The van der Waals surface area contributed by atoms with E-state index in [0.717, 1.165) is 0 Å². The molecule has 0 amide bonds. The van der Waals surface area contributed by atoms with Gasteiger partial charge in [-0.25, -0.2) is 4.79 Å². The highest BCUT2D eigenvalue weighted by Gasteiger charge is 2.46. The maximum atomic E-state index is 12.5. The largest absolute Gasteiger partial charge is 0.414 e. The topological polar surface area (TPSA) is 82.6 Å². The van der Waals surface area contributed by atoms with Crippen LogP contribution in [0.5, 0.6) is 0 Å². The fourth-order valence-electron chi connectivity index (χ4n) is 3.07. The lowest BCUT2D eigenvalue weighted by Crippen LogP contribution is -2.48. The van der Waals surface area contributed by atoms with Gasteiger partial charge in [0.05, 0.1) is 18.3 Å². The van der Waals surface area contributed by atoms with E-state index in [9.17, 15) is 9.59 Å².